The molecule has 6 rings (SSSR count). The van der Waals surface area contributed by atoms with E-state index in [1.807, 2.05) is 116 Å². The van der Waals surface area contributed by atoms with Crippen molar-refractivity contribution in [2.45, 2.75) is 58.0 Å². The number of nitrogens with one attached hydrogen (secondary N) is 1. The van der Waals surface area contributed by atoms with E-state index in [0.717, 1.165) is 54.1 Å². The Hall–Kier alpha value is -5.11. The summed E-state index contributed by atoms with van der Waals surface area (Å²) >= 11 is 0. The molecule has 0 radical (unpaired) electrons. The fourth-order valence-electron chi connectivity index (χ4n) is 6.90. The molecule has 1 fully saturated rings. The molecule has 248 valence electrons. The smallest absolute Gasteiger partial charge is 0.251 e. The van der Waals surface area contributed by atoms with Gasteiger partial charge in [0.05, 0.1) is 24.5 Å². The molecule has 8 nitrogen and oxygen atoms in total. The molecule has 0 bridgehead atoms. The summed E-state index contributed by atoms with van der Waals surface area (Å²) in [6, 6.07) is 34.1. The molecular weight excluding hydrogens is 600 g/mol. The van der Waals surface area contributed by atoms with Crippen LogP contribution in [0.3, 0.4) is 0 Å². The lowest BCUT2D eigenvalue weighted by molar-refractivity contribution is -0.136. The Morgan fingerprint density at radius 3 is 2.19 bits per heavy atom. The molecule has 4 aromatic carbocycles. The van der Waals surface area contributed by atoms with Gasteiger partial charge in [0.15, 0.2) is 0 Å². The number of hydrogen-bond donors (Lipinski definition) is 2. The van der Waals surface area contributed by atoms with Gasteiger partial charge in [-0.1, -0.05) is 93.3 Å². The van der Waals surface area contributed by atoms with E-state index in [0.29, 0.717) is 24.5 Å². The molecule has 1 saturated carbocycles. The van der Waals surface area contributed by atoms with E-state index in [1.54, 1.807) is 4.90 Å². The molecule has 8 heteroatoms. The first kappa shape index (κ1) is 32.8. The van der Waals surface area contributed by atoms with Crippen LogP contribution in [0.15, 0.2) is 109 Å². The number of carbonyl (C=O) groups is 3. The van der Waals surface area contributed by atoms with Crippen LogP contribution in [-0.2, 0) is 20.9 Å². The third kappa shape index (κ3) is 7.54. The summed E-state index contributed by atoms with van der Waals surface area (Å²) in [7, 11) is 0. The number of rotatable bonds is 13. The number of nitrogens with two attached hydrogens (primary N) is 1. The SMILES string of the molecule is CCCC(C(N)=O)C(CC1CCC1)C(=O)NC1CN(c2ccccc2)c2ccccc2N(Cc2cccc(Oc3ccccc3)c2)C1=O. The Bertz CT molecular complexity index is 1710. The second kappa shape index (κ2) is 15.2. The molecule has 48 heavy (non-hydrogen) atoms. The van der Waals surface area contributed by atoms with Crippen molar-refractivity contribution in [3.8, 4) is 11.5 Å². The standard InChI is InChI=1S/C40H44N4O4/c1-2-13-33(38(41)45)34(25-28-14-11-15-28)39(46)42-35-27-43(30-17-5-3-6-18-30)36-22-9-10-23-37(36)44(40(35)47)26-29-16-12-21-32(24-29)48-31-19-7-4-8-20-31/h3-10,12,16-24,28,33-35H,2,11,13-15,25-27H2,1H3,(H2,41,45)(H,42,46). The van der Waals surface area contributed by atoms with Gasteiger partial charge in [0.25, 0.3) is 5.91 Å². The van der Waals surface area contributed by atoms with Crippen molar-refractivity contribution in [2.24, 2.45) is 23.5 Å². The van der Waals surface area contributed by atoms with Crippen molar-refractivity contribution in [1.29, 1.82) is 0 Å². The molecule has 0 spiro atoms. The molecule has 3 amide bonds. The maximum Gasteiger partial charge on any atom is 0.251 e. The lowest BCUT2D eigenvalue weighted by Crippen LogP contribution is -2.54. The number of amides is 3. The van der Waals surface area contributed by atoms with Crippen molar-refractivity contribution in [1.82, 2.24) is 5.32 Å². The van der Waals surface area contributed by atoms with E-state index < -0.39 is 23.8 Å². The van der Waals surface area contributed by atoms with Crippen LogP contribution in [0.1, 0.15) is 51.0 Å². The summed E-state index contributed by atoms with van der Waals surface area (Å²) in [5.74, 6) is -0.360. The van der Waals surface area contributed by atoms with Crippen LogP contribution in [-0.4, -0.2) is 30.3 Å². The predicted octanol–water partition coefficient (Wildman–Crippen LogP) is 7.36. The third-order valence-electron chi connectivity index (χ3n) is 9.59. The highest BCUT2D eigenvalue weighted by molar-refractivity contribution is 6.04. The predicted molar refractivity (Wildman–Crippen MR) is 189 cm³/mol. The summed E-state index contributed by atoms with van der Waals surface area (Å²) in [4.78, 5) is 45.5. The lowest BCUT2D eigenvalue weighted by Gasteiger charge is -2.33. The Morgan fingerprint density at radius 1 is 0.854 bits per heavy atom. The van der Waals surface area contributed by atoms with Crippen LogP contribution in [0.5, 0.6) is 11.5 Å². The van der Waals surface area contributed by atoms with Gasteiger partial charge in [0.2, 0.25) is 11.8 Å². The molecule has 3 unspecified atom stereocenters. The van der Waals surface area contributed by atoms with Gasteiger partial charge in [0, 0.05) is 17.5 Å². The highest BCUT2D eigenvalue weighted by atomic mass is 16.5. The number of anilines is 3. The molecule has 0 saturated heterocycles. The highest BCUT2D eigenvalue weighted by Crippen LogP contribution is 2.39. The minimum absolute atomic E-state index is 0.225. The summed E-state index contributed by atoms with van der Waals surface area (Å²) in [6.07, 6.45) is 5.09. The van der Waals surface area contributed by atoms with Crippen LogP contribution in [0.2, 0.25) is 0 Å². The Labute approximate surface area is 282 Å². The van der Waals surface area contributed by atoms with Crippen LogP contribution in [0.4, 0.5) is 17.1 Å². The zero-order chi connectivity index (χ0) is 33.5. The van der Waals surface area contributed by atoms with E-state index >= 15 is 0 Å². The molecular formula is C40H44N4O4. The molecule has 4 aromatic rings. The van der Waals surface area contributed by atoms with Crippen molar-refractivity contribution in [2.75, 3.05) is 16.3 Å². The second-order valence-corrected chi connectivity index (χ2v) is 12.9. The van der Waals surface area contributed by atoms with Gasteiger partial charge >= 0.3 is 0 Å². The minimum atomic E-state index is -0.882. The van der Waals surface area contributed by atoms with E-state index in [2.05, 4.69) is 10.2 Å². The number of primary amides is 1. The second-order valence-electron chi connectivity index (χ2n) is 12.9. The molecule has 2 aliphatic rings. The minimum Gasteiger partial charge on any atom is -0.457 e. The van der Waals surface area contributed by atoms with Crippen LogP contribution < -0.4 is 25.6 Å². The van der Waals surface area contributed by atoms with E-state index in [-0.39, 0.29) is 24.9 Å². The summed E-state index contributed by atoms with van der Waals surface area (Å²) in [5.41, 5.74) is 9.28. The van der Waals surface area contributed by atoms with Crippen LogP contribution in [0, 0.1) is 17.8 Å². The molecule has 3 atom stereocenters. The van der Waals surface area contributed by atoms with Crippen molar-refractivity contribution in [3.63, 3.8) is 0 Å². The molecule has 3 N–H and O–H groups in total. The topological polar surface area (TPSA) is 105 Å². The summed E-state index contributed by atoms with van der Waals surface area (Å²) < 4.78 is 6.10. The third-order valence-corrected chi connectivity index (χ3v) is 9.59. The zero-order valence-corrected chi connectivity index (χ0v) is 27.5. The zero-order valence-electron chi connectivity index (χ0n) is 27.5. The van der Waals surface area contributed by atoms with E-state index in [1.165, 1.54) is 0 Å². The molecule has 1 aliphatic carbocycles. The monoisotopic (exact) mass is 644 g/mol. The molecule has 0 aromatic heterocycles. The summed E-state index contributed by atoms with van der Waals surface area (Å²) in [5, 5.41) is 3.15. The first-order chi connectivity index (χ1) is 23.4. The number of ether oxygens (including phenoxy) is 1. The number of nitrogens with zero attached hydrogens (tertiary/aromatic N) is 2. The normalized spacial score (nSPS) is 17.4. The number of benzene rings is 4. The largest absolute Gasteiger partial charge is 0.457 e. The van der Waals surface area contributed by atoms with E-state index in [4.69, 9.17) is 10.5 Å². The Morgan fingerprint density at radius 2 is 1.52 bits per heavy atom. The van der Waals surface area contributed by atoms with E-state index in [9.17, 15) is 14.4 Å². The van der Waals surface area contributed by atoms with Gasteiger partial charge in [-0.05, 0) is 72.9 Å². The lowest BCUT2D eigenvalue weighted by atomic mass is 9.74. The van der Waals surface area contributed by atoms with Gasteiger partial charge < -0.3 is 25.6 Å². The number of hydrogen-bond acceptors (Lipinski definition) is 5. The fraction of sp³-hybridized carbons (Fsp3) is 0.325. The van der Waals surface area contributed by atoms with Crippen LogP contribution in [0.25, 0.3) is 0 Å². The fourth-order valence-corrected chi connectivity index (χ4v) is 6.90. The first-order valence-electron chi connectivity index (χ1n) is 17.1. The molecule has 1 heterocycles. The van der Waals surface area contributed by atoms with Gasteiger partial charge in [-0.3, -0.25) is 14.4 Å². The first-order valence-corrected chi connectivity index (χ1v) is 17.1. The quantitative estimate of drug-likeness (QED) is 0.158. The molecule has 1 aliphatic heterocycles. The highest BCUT2D eigenvalue weighted by Gasteiger charge is 2.40. The van der Waals surface area contributed by atoms with Crippen molar-refractivity contribution >= 4 is 34.8 Å². The maximum absolute atomic E-state index is 14.7. The Kier molecular flexibility index (Phi) is 10.4. The van der Waals surface area contributed by atoms with Gasteiger partial charge in [-0.25, -0.2) is 0 Å². The maximum atomic E-state index is 14.7. The van der Waals surface area contributed by atoms with Gasteiger partial charge in [-0.2, -0.15) is 0 Å². The Balaban J connectivity index is 1.35. The number of para-hydroxylation sites is 4. The average Bonchev–Trinajstić information content (AvgIpc) is 3.19. The van der Waals surface area contributed by atoms with Gasteiger partial charge in [0.1, 0.15) is 17.5 Å². The number of carbonyl (C=O) groups excluding carboxylic acids is 3. The van der Waals surface area contributed by atoms with Crippen LogP contribution >= 0.6 is 0 Å². The summed E-state index contributed by atoms with van der Waals surface area (Å²) in [6.45, 7) is 2.49. The van der Waals surface area contributed by atoms with Crippen molar-refractivity contribution < 1.29 is 19.1 Å². The van der Waals surface area contributed by atoms with Gasteiger partial charge in [-0.15, -0.1) is 0 Å². The average molecular weight is 645 g/mol. The number of fused-ring (bicyclic) bond motifs is 1. The van der Waals surface area contributed by atoms with Crippen molar-refractivity contribution in [3.05, 3.63) is 115 Å².